The SMILES string of the molecule is CCOc1ccc(OC[C@@H](O)CN2CCC[C@@H](O)C2)cc1. The molecule has 0 unspecified atom stereocenters. The number of aliphatic hydroxyl groups excluding tert-OH is 2. The zero-order chi connectivity index (χ0) is 15.1. The van der Waals surface area contributed by atoms with E-state index in [0.29, 0.717) is 19.7 Å². The lowest BCUT2D eigenvalue weighted by Crippen LogP contribution is -2.43. The van der Waals surface area contributed by atoms with Gasteiger partial charge in [0, 0.05) is 13.1 Å². The van der Waals surface area contributed by atoms with E-state index in [2.05, 4.69) is 4.90 Å². The molecule has 5 nitrogen and oxygen atoms in total. The van der Waals surface area contributed by atoms with E-state index >= 15 is 0 Å². The zero-order valence-electron chi connectivity index (χ0n) is 12.6. The Morgan fingerprint density at radius 2 is 1.90 bits per heavy atom. The average molecular weight is 295 g/mol. The zero-order valence-corrected chi connectivity index (χ0v) is 12.6. The summed E-state index contributed by atoms with van der Waals surface area (Å²) in [4.78, 5) is 2.08. The van der Waals surface area contributed by atoms with Crippen LogP contribution in [0.1, 0.15) is 19.8 Å². The molecule has 0 aliphatic carbocycles. The first-order valence-corrected chi connectivity index (χ1v) is 7.61. The minimum Gasteiger partial charge on any atom is -0.494 e. The third-order valence-electron chi connectivity index (χ3n) is 3.53. The smallest absolute Gasteiger partial charge is 0.119 e. The van der Waals surface area contributed by atoms with Gasteiger partial charge in [-0.2, -0.15) is 0 Å². The van der Waals surface area contributed by atoms with Crippen molar-refractivity contribution in [2.75, 3.05) is 32.8 Å². The molecule has 1 fully saturated rings. The van der Waals surface area contributed by atoms with E-state index in [0.717, 1.165) is 30.9 Å². The summed E-state index contributed by atoms with van der Waals surface area (Å²) in [7, 11) is 0. The number of benzene rings is 1. The second-order valence-electron chi connectivity index (χ2n) is 5.42. The number of hydrogen-bond acceptors (Lipinski definition) is 5. The highest BCUT2D eigenvalue weighted by Crippen LogP contribution is 2.18. The van der Waals surface area contributed by atoms with Crippen molar-refractivity contribution in [2.24, 2.45) is 0 Å². The normalized spacial score (nSPS) is 21.0. The summed E-state index contributed by atoms with van der Waals surface area (Å²) in [6, 6.07) is 7.38. The summed E-state index contributed by atoms with van der Waals surface area (Å²) in [6.07, 6.45) is 1.02. The van der Waals surface area contributed by atoms with Crippen LogP contribution < -0.4 is 9.47 Å². The van der Waals surface area contributed by atoms with Crippen LogP contribution in [-0.4, -0.2) is 60.2 Å². The van der Waals surface area contributed by atoms with Crippen molar-refractivity contribution in [1.29, 1.82) is 0 Å². The molecule has 0 bridgehead atoms. The fraction of sp³-hybridized carbons (Fsp3) is 0.625. The lowest BCUT2D eigenvalue weighted by Gasteiger charge is -2.31. The Kier molecular flexibility index (Phi) is 6.29. The third kappa shape index (κ3) is 5.53. The summed E-state index contributed by atoms with van der Waals surface area (Å²) in [5.74, 6) is 1.53. The molecular formula is C16H25NO4. The van der Waals surface area contributed by atoms with Gasteiger partial charge < -0.3 is 19.7 Å². The van der Waals surface area contributed by atoms with Crippen LogP contribution in [0.15, 0.2) is 24.3 Å². The molecule has 0 amide bonds. The first kappa shape index (κ1) is 16.1. The van der Waals surface area contributed by atoms with E-state index in [1.54, 1.807) is 0 Å². The second kappa shape index (κ2) is 8.22. The molecule has 0 saturated carbocycles. The lowest BCUT2D eigenvalue weighted by atomic mass is 10.1. The molecule has 1 aromatic carbocycles. The van der Waals surface area contributed by atoms with E-state index in [1.807, 2.05) is 31.2 Å². The van der Waals surface area contributed by atoms with Crippen LogP contribution >= 0.6 is 0 Å². The van der Waals surface area contributed by atoms with Crippen LogP contribution in [0.2, 0.25) is 0 Å². The summed E-state index contributed by atoms with van der Waals surface area (Å²) in [6.45, 7) is 4.94. The summed E-state index contributed by atoms with van der Waals surface area (Å²) < 4.78 is 10.9. The van der Waals surface area contributed by atoms with E-state index in [1.165, 1.54) is 0 Å². The van der Waals surface area contributed by atoms with Gasteiger partial charge in [0.2, 0.25) is 0 Å². The monoisotopic (exact) mass is 295 g/mol. The van der Waals surface area contributed by atoms with Gasteiger partial charge in [0.25, 0.3) is 0 Å². The number of nitrogens with zero attached hydrogens (tertiary/aromatic N) is 1. The van der Waals surface area contributed by atoms with Crippen molar-refractivity contribution >= 4 is 0 Å². The molecule has 21 heavy (non-hydrogen) atoms. The molecule has 1 saturated heterocycles. The molecule has 1 aliphatic heterocycles. The van der Waals surface area contributed by atoms with Crippen molar-refractivity contribution in [1.82, 2.24) is 4.90 Å². The minimum absolute atomic E-state index is 0.251. The number of ether oxygens (including phenoxy) is 2. The molecule has 1 aromatic rings. The minimum atomic E-state index is -0.554. The number of hydrogen-bond donors (Lipinski definition) is 2. The number of rotatable bonds is 7. The van der Waals surface area contributed by atoms with Crippen molar-refractivity contribution < 1.29 is 19.7 Å². The Labute approximate surface area is 126 Å². The Balaban J connectivity index is 1.71. The maximum Gasteiger partial charge on any atom is 0.119 e. The van der Waals surface area contributed by atoms with Crippen LogP contribution in [0.5, 0.6) is 11.5 Å². The van der Waals surface area contributed by atoms with E-state index < -0.39 is 6.10 Å². The quantitative estimate of drug-likeness (QED) is 0.793. The van der Waals surface area contributed by atoms with Gasteiger partial charge in [0.05, 0.1) is 12.7 Å². The predicted octanol–water partition coefficient (Wildman–Crippen LogP) is 1.28. The molecule has 1 heterocycles. The predicted molar refractivity (Wildman–Crippen MR) is 80.8 cm³/mol. The Hall–Kier alpha value is -1.30. The Morgan fingerprint density at radius 1 is 1.24 bits per heavy atom. The topological polar surface area (TPSA) is 62.2 Å². The highest BCUT2D eigenvalue weighted by molar-refractivity contribution is 5.31. The van der Waals surface area contributed by atoms with Crippen molar-refractivity contribution in [3.63, 3.8) is 0 Å². The van der Waals surface area contributed by atoms with Gasteiger partial charge in [-0.3, -0.25) is 4.90 Å². The number of likely N-dealkylation sites (tertiary alicyclic amines) is 1. The highest BCUT2D eigenvalue weighted by Gasteiger charge is 2.20. The third-order valence-corrected chi connectivity index (χ3v) is 3.53. The molecule has 2 atom stereocenters. The van der Waals surface area contributed by atoms with Gasteiger partial charge in [-0.15, -0.1) is 0 Å². The van der Waals surface area contributed by atoms with Crippen LogP contribution in [0, 0.1) is 0 Å². The Morgan fingerprint density at radius 3 is 2.52 bits per heavy atom. The van der Waals surface area contributed by atoms with Crippen molar-refractivity contribution in [2.45, 2.75) is 32.0 Å². The summed E-state index contributed by atoms with van der Waals surface area (Å²) in [5.41, 5.74) is 0. The average Bonchev–Trinajstić information content (AvgIpc) is 2.47. The van der Waals surface area contributed by atoms with Crippen LogP contribution in [0.4, 0.5) is 0 Å². The number of β-amino-alcohol motifs (C(OH)–C–C–N with tert-alkyl or cyclic N) is 2. The van der Waals surface area contributed by atoms with Crippen LogP contribution in [-0.2, 0) is 0 Å². The van der Waals surface area contributed by atoms with Crippen LogP contribution in [0.3, 0.4) is 0 Å². The fourth-order valence-corrected chi connectivity index (χ4v) is 2.54. The first-order chi connectivity index (χ1) is 10.2. The molecule has 0 aromatic heterocycles. The molecular weight excluding hydrogens is 270 g/mol. The molecule has 2 rings (SSSR count). The van der Waals surface area contributed by atoms with E-state index in [-0.39, 0.29) is 12.7 Å². The first-order valence-electron chi connectivity index (χ1n) is 7.61. The van der Waals surface area contributed by atoms with Crippen molar-refractivity contribution in [3.05, 3.63) is 24.3 Å². The van der Waals surface area contributed by atoms with Crippen LogP contribution in [0.25, 0.3) is 0 Å². The Bertz CT molecular complexity index is 409. The molecule has 0 radical (unpaired) electrons. The van der Waals surface area contributed by atoms with Gasteiger partial charge in [0.1, 0.15) is 24.2 Å². The fourth-order valence-electron chi connectivity index (χ4n) is 2.54. The maximum absolute atomic E-state index is 10.0. The summed E-state index contributed by atoms with van der Waals surface area (Å²) >= 11 is 0. The van der Waals surface area contributed by atoms with Gasteiger partial charge >= 0.3 is 0 Å². The second-order valence-corrected chi connectivity index (χ2v) is 5.42. The molecule has 5 heteroatoms. The van der Waals surface area contributed by atoms with E-state index in [4.69, 9.17) is 9.47 Å². The van der Waals surface area contributed by atoms with Gasteiger partial charge in [-0.25, -0.2) is 0 Å². The molecule has 118 valence electrons. The summed E-state index contributed by atoms with van der Waals surface area (Å²) in [5, 5.41) is 19.6. The van der Waals surface area contributed by atoms with Gasteiger partial charge in [0.15, 0.2) is 0 Å². The van der Waals surface area contributed by atoms with Crippen molar-refractivity contribution in [3.8, 4) is 11.5 Å². The lowest BCUT2D eigenvalue weighted by molar-refractivity contribution is 0.0243. The molecule has 2 N–H and O–H groups in total. The van der Waals surface area contributed by atoms with E-state index in [9.17, 15) is 10.2 Å². The standard InChI is InChI=1S/C16H25NO4/c1-2-20-15-5-7-16(8-6-15)21-12-14(19)11-17-9-3-4-13(18)10-17/h5-8,13-14,18-19H,2-4,9-12H2,1H3/t13-,14+/m1/s1. The van der Waals surface area contributed by atoms with Gasteiger partial charge in [-0.1, -0.05) is 0 Å². The number of aliphatic hydroxyl groups is 2. The molecule has 1 aliphatic rings. The van der Waals surface area contributed by atoms with Gasteiger partial charge in [-0.05, 0) is 50.6 Å². The largest absolute Gasteiger partial charge is 0.494 e. The number of piperidine rings is 1. The maximum atomic E-state index is 10.0. The molecule has 0 spiro atoms. The highest BCUT2D eigenvalue weighted by atomic mass is 16.5.